The lowest BCUT2D eigenvalue weighted by Crippen LogP contribution is -2.40. The van der Waals surface area contributed by atoms with E-state index in [1.54, 1.807) is 4.57 Å². The van der Waals surface area contributed by atoms with Crippen LogP contribution in [0.25, 0.3) is 10.9 Å². The van der Waals surface area contributed by atoms with Gasteiger partial charge in [0.2, 0.25) is 5.43 Å². The van der Waals surface area contributed by atoms with Gasteiger partial charge < -0.3 is 19.9 Å². The van der Waals surface area contributed by atoms with Crippen molar-refractivity contribution in [3.05, 3.63) is 39.4 Å². The van der Waals surface area contributed by atoms with Crippen LogP contribution in [0, 0.1) is 23.1 Å². The minimum Gasteiger partial charge on any atom is -0.477 e. The van der Waals surface area contributed by atoms with Crippen molar-refractivity contribution in [2.75, 3.05) is 24.5 Å². The summed E-state index contributed by atoms with van der Waals surface area (Å²) < 4.78 is 16.9. The third-order valence-electron chi connectivity index (χ3n) is 6.44. The van der Waals surface area contributed by atoms with E-state index in [4.69, 9.17) is 0 Å². The van der Waals surface area contributed by atoms with Gasteiger partial charge in [0.1, 0.15) is 23.0 Å². The highest BCUT2D eigenvalue weighted by Crippen LogP contribution is 2.41. The van der Waals surface area contributed by atoms with Gasteiger partial charge >= 0.3 is 5.97 Å². The molecular weight excluding hydrogens is 375 g/mol. The molecule has 1 aromatic heterocycles. The molecule has 3 heterocycles. The Morgan fingerprint density at radius 1 is 1.31 bits per heavy atom. The van der Waals surface area contributed by atoms with Gasteiger partial charge in [-0.1, -0.05) is 0 Å². The highest BCUT2D eigenvalue weighted by molar-refractivity contribution is 5.96. The smallest absolute Gasteiger partial charge is 0.341 e. The molecule has 0 unspecified atom stereocenters. The number of carbonyl (C=O) groups is 1. The van der Waals surface area contributed by atoms with Gasteiger partial charge in [-0.15, -0.1) is 0 Å². The van der Waals surface area contributed by atoms with Gasteiger partial charge in [-0.05, 0) is 44.2 Å². The second-order valence-electron chi connectivity index (χ2n) is 8.27. The van der Waals surface area contributed by atoms with Crippen molar-refractivity contribution in [3.8, 4) is 6.07 Å². The van der Waals surface area contributed by atoms with Gasteiger partial charge in [0.15, 0.2) is 0 Å². The van der Waals surface area contributed by atoms with Crippen LogP contribution in [0.5, 0.6) is 0 Å². The monoisotopic (exact) mass is 396 g/mol. The molecule has 3 aliphatic rings. The number of nitrogens with zero attached hydrogens (tertiary/aromatic N) is 3. The minimum absolute atomic E-state index is 0.0319. The highest BCUT2D eigenvalue weighted by Gasteiger charge is 2.37. The standard InChI is InChI=1S/C21H21FN4O3/c22-16-6-13-18(26(12-3-4-12)9-15(20(13)27)21(28)29)14(7-23)19(16)25-8-11-2-1-5-24-17(11)10-25/h6,9,11-12,17,24H,1-5,8,10H2,(H,28,29)/t11-,17+/m0/s1. The lowest BCUT2D eigenvalue weighted by Gasteiger charge is -2.24. The third kappa shape index (κ3) is 2.80. The van der Waals surface area contributed by atoms with Gasteiger partial charge in [0, 0.05) is 31.4 Å². The first kappa shape index (κ1) is 18.1. The Hall–Kier alpha value is -2.92. The fraction of sp³-hybridized carbons (Fsp3) is 0.476. The summed E-state index contributed by atoms with van der Waals surface area (Å²) in [5.74, 6) is -1.58. The van der Waals surface area contributed by atoms with Crippen LogP contribution in [0.15, 0.2) is 17.1 Å². The van der Waals surface area contributed by atoms with Crippen molar-refractivity contribution in [1.82, 2.24) is 9.88 Å². The van der Waals surface area contributed by atoms with Crippen LogP contribution in [0.3, 0.4) is 0 Å². The number of fused-ring (bicyclic) bond motifs is 2. The Bertz CT molecular complexity index is 1120. The molecule has 29 heavy (non-hydrogen) atoms. The van der Waals surface area contributed by atoms with Gasteiger partial charge in [-0.2, -0.15) is 5.26 Å². The summed E-state index contributed by atoms with van der Waals surface area (Å²) in [5.41, 5.74) is -0.433. The van der Waals surface area contributed by atoms with Crippen molar-refractivity contribution < 1.29 is 14.3 Å². The van der Waals surface area contributed by atoms with E-state index in [1.165, 1.54) is 6.20 Å². The summed E-state index contributed by atoms with van der Waals surface area (Å²) in [5, 5.41) is 22.8. The molecule has 0 amide bonds. The summed E-state index contributed by atoms with van der Waals surface area (Å²) in [6, 6.07) is 3.55. The molecule has 2 N–H and O–H groups in total. The largest absolute Gasteiger partial charge is 0.477 e. The summed E-state index contributed by atoms with van der Waals surface area (Å²) in [4.78, 5) is 26.2. The average Bonchev–Trinajstić information content (AvgIpc) is 3.45. The zero-order valence-corrected chi connectivity index (χ0v) is 15.8. The zero-order chi connectivity index (χ0) is 20.3. The molecule has 2 atom stereocenters. The van der Waals surface area contributed by atoms with Crippen molar-refractivity contribution in [2.45, 2.75) is 37.8 Å². The molecule has 0 spiro atoms. The first-order valence-corrected chi connectivity index (χ1v) is 10.0. The second-order valence-corrected chi connectivity index (χ2v) is 8.27. The summed E-state index contributed by atoms with van der Waals surface area (Å²) >= 11 is 0. The number of rotatable bonds is 3. The Labute approximate surface area is 166 Å². The molecule has 3 fully saturated rings. The van der Waals surface area contributed by atoms with Crippen LogP contribution in [0.2, 0.25) is 0 Å². The lowest BCUT2D eigenvalue weighted by atomic mass is 9.94. The number of carboxylic acids is 1. The molecular formula is C21H21FN4O3. The van der Waals surface area contributed by atoms with Crippen molar-refractivity contribution in [2.24, 2.45) is 5.92 Å². The molecule has 7 nitrogen and oxygen atoms in total. The number of nitrogens with one attached hydrogen (secondary N) is 1. The first-order chi connectivity index (χ1) is 14.0. The Morgan fingerprint density at radius 2 is 2.10 bits per heavy atom. The predicted octanol–water partition coefficient (Wildman–Crippen LogP) is 2.23. The SMILES string of the molecule is N#Cc1c(N2C[C@@H]3CCCN[C@@H]3C2)c(F)cc2c(=O)c(C(=O)O)cn(C3CC3)c12. The number of hydrogen-bond acceptors (Lipinski definition) is 5. The maximum atomic E-state index is 15.2. The quantitative estimate of drug-likeness (QED) is 0.826. The first-order valence-electron chi connectivity index (χ1n) is 10.0. The average molecular weight is 396 g/mol. The summed E-state index contributed by atoms with van der Waals surface area (Å²) in [6.45, 7) is 2.22. The Kier molecular flexibility index (Phi) is 4.10. The van der Waals surface area contributed by atoms with Crippen LogP contribution in [-0.4, -0.2) is 41.3 Å². The number of piperidine rings is 1. The van der Waals surface area contributed by atoms with Gasteiger partial charge in [0.05, 0.1) is 16.6 Å². The number of benzene rings is 1. The number of hydrogen-bond donors (Lipinski definition) is 2. The molecule has 8 heteroatoms. The van der Waals surface area contributed by atoms with E-state index < -0.39 is 22.8 Å². The van der Waals surface area contributed by atoms with E-state index in [0.717, 1.165) is 38.3 Å². The number of halogens is 1. The Morgan fingerprint density at radius 3 is 2.76 bits per heavy atom. The molecule has 2 aliphatic heterocycles. The third-order valence-corrected chi connectivity index (χ3v) is 6.44. The van der Waals surface area contributed by atoms with E-state index in [9.17, 15) is 20.0 Å². The second kappa shape index (κ2) is 6.56. The molecule has 1 saturated carbocycles. The Balaban J connectivity index is 1.74. The molecule has 150 valence electrons. The predicted molar refractivity (Wildman–Crippen MR) is 105 cm³/mol. The molecule has 0 bridgehead atoms. The molecule has 0 radical (unpaired) electrons. The van der Waals surface area contributed by atoms with Gasteiger partial charge in [0.25, 0.3) is 0 Å². The maximum absolute atomic E-state index is 15.2. The number of nitriles is 1. The van der Waals surface area contributed by atoms with Crippen molar-refractivity contribution in [3.63, 3.8) is 0 Å². The maximum Gasteiger partial charge on any atom is 0.341 e. The van der Waals surface area contributed by atoms with Crippen LogP contribution < -0.4 is 15.6 Å². The van der Waals surface area contributed by atoms with Crippen LogP contribution >= 0.6 is 0 Å². The van der Waals surface area contributed by atoms with E-state index in [1.807, 2.05) is 4.90 Å². The van der Waals surface area contributed by atoms with E-state index >= 15 is 4.39 Å². The molecule has 5 rings (SSSR count). The zero-order valence-electron chi connectivity index (χ0n) is 15.8. The highest BCUT2D eigenvalue weighted by atomic mass is 19.1. The van der Waals surface area contributed by atoms with Crippen LogP contribution in [0.1, 0.15) is 47.6 Å². The number of anilines is 1. The molecule has 2 saturated heterocycles. The van der Waals surface area contributed by atoms with Crippen LogP contribution in [0.4, 0.5) is 10.1 Å². The van der Waals surface area contributed by atoms with Gasteiger partial charge in [-0.3, -0.25) is 4.79 Å². The fourth-order valence-corrected chi connectivity index (χ4v) is 4.92. The molecule has 1 aliphatic carbocycles. The number of aromatic nitrogens is 1. The van der Waals surface area contributed by atoms with E-state index in [2.05, 4.69) is 11.4 Å². The lowest BCUT2D eigenvalue weighted by molar-refractivity contribution is 0.0695. The van der Waals surface area contributed by atoms with Gasteiger partial charge in [-0.25, -0.2) is 9.18 Å². The normalized spacial score (nSPS) is 23.8. The number of aromatic carboxylic acids is 1. The number of pyridine rings is 1. The van der Waals surface area contributed by atoms with Crippen molar-refractivity contribution >= 4 is 22.6 Å². The topological polar surface area (TPSA) is 98.4 Å². The summed E-state index contributed by atoms with van der Waals surface area (Å²) in [6.07, 6.45) is 5.15. The van der Waals surface area contributed by atoms with Crippen LogP contribution in [-0.2, 0) is 0 Å². The number of carboxylic acid groups (broad SMARTS) is 1. The summed E-state index contributed by atoms with van der Waals surface area (Å²) in [7, 11) is 0. The van der Waals surface area contributed by atoms with Crippen molar-refractivity contribution in [1.29, 1.82) is 5.26 Å². The molecule has 1 aromatic carbocycles. The van der Waals surface area contributed by atoms with E-state index in [-0.39, 0.29) is 28.7 Å². The molecule has 2 aromatic rings. The fourth-order valence-electron chi connectivity index (χ4n) is 4.92. The minimum atomic E-state index is -1.34. The van der Waals surface area contributed by atoms with E-state index in [0.29, 0.717) is 24.5 Å².